The Morgan fingerprint density at radius 2 is 1.69 bits per heavy atom. The Morgan fingerprint density at radius 3 is 2.42 bits per heavy atom. The summed E-state index contributed by atoms with van der Waals surface area (Å²) in [5.74, 6) is 3.59. The normalized spacial score (nSPS) is 15.7. The zero-order valence-corrected chi connectivity index (χ0v) is 20.9. The lowest BCUT2D eigenvalue weighted by Crippen LogP contribution is -2.34. The number of hydrogen-bond donors (Lipinski definition) is 0. The van der Waals surface area contributed by atoms with Crippen LogP contribution in [0.2, 0.25) is 0 Å². The highest BCUT2D eigenvalue weighted by molar-refractivity contribution is 6.15. The minimum absolute atomic E-state index is 0.149. The maximum atomic E-state index is 13.3. The van der Waals surface area contributed by atoms with Crippen LogP contribution in [0.3, 0.4) is 0 Å². The van der Waals surface area contributed by atoms with Crippen molar-refractivity contribution < 1.29 is 28.5 Å². The monoisotopic (exact) mass is 487 g/mol. The molecule has 2 aliphatic heterocycles. The highest BCUT2D eigenvalue weighted by Crippen LogP contribution is 2.43. The van der Waals surface area contributed by atoms with E-state index in [1.165, 1.54) is 5.56 Å². The summed E-state index contributed by atoms with van der Waals surface area (Å²) in [6, 6.07) is 15.5. The van der Waals surface area contributed by atoms with Gasteiger partial charge in [0.15, 0.2) is 5.76 Å². The molecule has 0 amide bonds. The summed E-state index contributed by atoms with van der Waals surface area (Å²) >= 11 is 0. The van der Waals surface area contributed by atoms with Crippen LogP contribution in [0, 0.1) is 6.92 Å². The molecule has 0 atom stereocenters. The molecule has 0 unspecified atom stereocenters. The molecular weight excluding hydrogens is 458 g/mol. The smallest absolute Gasteiger partial charge is 0.231 e. The number of ketones is 1. The van der Waals surface area contributed by atoms with E-state index >= 15 is 0 Å². The third kappa shape index (κ3) is 4.50. The predicted molar refractivity (Wildman–Crippen MR) is 136 cm³/mol. The molecule has 7 heteroatoms. The zero-order valence-electron chi connectivity index (χ0n) is 20.9. The fourth-order valence-corrected chi connectivity index (χ4v) is 4.60. The Kier molecular flexibility index (Phi) is 6.57. The van der Waals surface area contributed by atoms with Gasteiger partial charge in [-0.3, -0.25) is 9.69 Å². The molecule has 0 N–H and O–H groups in total. The molecular formula is C29H29NO6. The number of carbonyl (C=O) groups is 1. The standard InChI is InChI=1S/C29H29NO6/c1-18-28-21(16-30(17-35-28)12-11-19-5-8-22(32-2)9-6-19)13-24-27(31)26(36-29(18)24)14-20-7-10-23(33-3)15-25(20)34-4/h5-10,13-15H,11-12,16-17H2,1-4H3/b26-14-. The molecule has 0 bridgehead atoms. The molecule has 0 spiro atoms. The first-order valence-corrected chi connectivity index (χ1v) is 11.8. The molecule has 0 aromatic heterocycles. The van der Waals surface area contributed by atoms with Gasteiger partial charge in [0.2, 0.25) is 5.78 Å². The number of nitrogens with zero attached hydrogens (tertiary/aromatic N) is 1. The summed E-state index contributed by atoms with van der Waals surface area (Å²) in [6.45, 7) is 3.98. The first-order chi connectivity index (χ1) is 17.5. The van der Waals surface area contributed by atoms with Gasteiger partial charge in [-0.2, -0.15) is 0 Å². The number of ether oxygens (including phenoxy) is 5. The molecule has 36 heavy (non-hydrogen) atoms. The van der Waals surface area contributed by atoms with Gasteiger partial charge in [-0.1, -0.05) is 12.1 Å². The summed E-state index contributed by atoms with van der Waals surface area (Å²) in [5.41, 5.74) is 4.37. The van der Waals surface area contributed by atoms with Crippen LogP contribution in [0.5, 0.6) is 28.7 Å². The molecule has 0 saturated carbocycles. The number of rotatable bonds is 7. The molecule has 3 aromatic rings. The molecule has 0 fully saturated rings. The number of allylic oxidation sites excluding steroid dienone is 1. The second kappa shape index (κ2) is 9.95. The Morgan fingerprint density at radius 1 is 0.944 bits per heavy atom. The van der Waals surface area contributed by atoms with Gasteiger partial charge in [-0.05, 0) is 55.3 Å². The number of fused-ring (bicyclic) bond motifs is 2. The van der Waals surface area contributed by atoms with Crippen LogP contribution in [0.1, 0.15) is 32.6 Å². The molecule has 2 aliphatic rings. The quantitative estimate of drug-likeness (QED) is 0.433. The Balaban J connectivity index is 1.35. The number of methoxy groups -OCH3 is 3. The maximum absolute atomic E-state index is 13.3. The lowest BCUT2D eigenvalue weighted by molar-refractivity contribution is 0.0954. The van der Waals surface area contributed by atoms with Gasteiger partial charge in [0.1, 0.15) is 35.5 Å². The van der Waals surface area contributed by atoms with E-state index in [-0.39, 0.29) is 11.5 Å². The van der Waals surface area contributed by atoms with Crippen molar-refractivity contribution in [2.45, 2.75) is 19.9 Å². The van der Waals surface area contributed by atoms with Crippen LogP contribution in [0.15, 0.2) is 54.3 Å². The average molecular weight is 488 g/mol. The second-order valence-electron chi connectivity index (χ2n) is 8.84. The summed E-state index contributed by atoms with van der Waals surface area (Å²) in [5, 5.41) is 0. The fourth-order valence-electron chi connectivity index (χ4n) is 4.60. The van der Waals surface area contributed by atoms with Gasteiger partial charge in [0, 0.05) is 35.8 Å². The van der Waals surface area contributed by atoms with Gasteiger partial charge >= 0.3 is 0 Å². The maximum Gasteiger partial charge on any atom is 0.231 e. The SMILES string of the molecule is COc1ccc(CCN2COc3c(cc4c(c3C)O/C(=C\c3ccc(OC)cc3OC)C4=O)C2)cc1. The van der Waals surface area contributed by atoms with E-state index in [1.807, 2.05) is 37.3 Å². The summed E-state index contributed by atoms with van der Waals surface area (Å²) in [6.07, 6.45) is 2.60. The second-order valence-corrected chi connectivity index (χ2v) is 8.84. The molecule has 0 aliphatic carbocycles. The third-order valence-corrected chi connectivity index (χ3v) is 6.60. The first kappa shape index (κ1) is 23.8. The minimum atomic E-state index is -0.149. The Bertz CT molecular complexity index is 1330. The van der Waals surface area contributed by atoms with Crippen LogP contribution < -0.4 is 23.7 Å². The average Bonchev–Trinajstić information content (AvgIpc) is 3.23. The van der Waals surface area contributed by atoms with Gasteiger partial charge < -0.3 is 23.7 Å². The molecule has 186 valence electrons. The van der Waals surface area contributed by atoms with Crippen molar-refractivity contribution in [3.8, 4) is 28.7 Å². The number of Topliss-reactive ketones (excluding diaryl/α,β-unsaturated/α-hetero) is 1. The minimum Gasteiger partial charge on any atom is -0.497 e. The highest BCUT2D eigenvalue weighted by Gasteiger charge is 2.33. The van der Waals surface area contributed by atoms with Gasteiger partial charge in [0.05, 0.1) is 26.9 Å². The summed E-state index contributed by atoms with van der Waals surface area (Å²) < 4.78 is 28.1. The van der Waals surface area contributed by atoms with Crippen LogP contribution in [-0.2, 0) is 13.0 Å². The van der Waals surface area contributed by atoms with Crippen molar-refractivity contribution in [1.29, 1.82) is 0 Å². The molecule has 7 nitrogen and oxygen atoms in total. The van der Waals surface area contributed by atoms with E-state index in [4.69, 9.17) is 23.7 Å². The van der Waals surface area contributed by atoms with Crippen LogP contribution in [0.4, 0.5) is 0 Å². The summed E-state index contributed by atoms with van der Waals surface area (Å²) in [7, 11) is 4.85. The van der Waals surface area contributed by atoms with E-state index in [0.717, 1.165) is 41.2 Å². The molecule has 3 aromatic carbocycles. The van der Waals surface area contributed by atoms with E-state index in [9.17, 15) is 4.79 Å². The van der Waals surface area contributed by atoms with Gasteiger partial charge in [0.25, 0.3) is 0 Å². The molecule has 2 heterocycles. The topological polar surface area (TPSA) is 66.5 Å². The van der Waals surface area contributed by atoms with Gasteiger partial charge in [-0.15, -0.1) is 0 Å². The van der Waals surface area contributed by atoms with E-state index in [0.29, 0.717) is 36.1 Å². The third-order valence-electron chi connectivity index (χ3n) is 6.60. The Labute approximate surface area is 210 Å². The van der Waals surface area contributed by atoms with E-state index in [1.54, 1.807) is 33.5 Å². The molecule has 0 radical (unpaired) electrons. The van der Waals surface area contributed by atoms with Crippen molar-refractivity contribution in [2.24, 2.45) is 0 Å². The highest BCUT2D eigenvalue weighted by atomic mass is 16.5. The fraction of sp³-hybridized carbons (Fsp3) is 0.276. The zero-order chi connectivity index (χ0) is 25.2. The number of benzene rings is 3. The Hall–Kier alpha value is -3.97. The molecule has 0 saturated heterocycles. The largest absolute Gasteiger partial charge is 0.497 e. The van der Waals surface area contributed by atoms with E-state index in [2.05, 4.69) is 17.0 Å². The van der Waals surface area contributed by atoms with Crippen molar-refractivity contribution in [3.63, 3.8) is 0 Å². The predicted octanol–water partition coefficient (Wildman–Crippen LogP) is 5.03. The van der Waals surface area contributed by atoms with Gasteiger partial charge in [-0.25, -0.2) is 0 Å². The van der Waals surface area contributed by atoms with Crippen LogP contribution >= 0.6 is 0 Å². The first-order valence-electron chi connectivity index (χ1n) is 11.8. The van der Waals surface area contributed by atoms with Crippen molar-refractivity contribution >= 4 is 11.9 Å². The van der Waals surface area contributed by atoms with Crippen molar-refractivity contribution in [1.82, 2.24) is 4.90 Å². The molecule has 5 rings (SSSR count). The number of hydrogen-bond acceptors (Lipinski definition) is 7. The van der Waals surface area contributed by atoms with Crippen molar-refractivity contribution in [2.75, 3.05) is 34.6 Å². The summed E-state index contributed by atoms with van der Waals surface area (Å²) in [4.78, 5) is 15.5. The van der Waals surface area contributed by atoms with Crippen LogP contribution in [0.25, 0.3) is 6.08 Å². The lowest BCUT2D eigenvalue weighted by Gasteiger charge is -2.30. The van der Waals surface area contributed by atoms with Crippen LogP contribution in [-0.4, -0.2) is 45.3 Å². The van der Waals surface area contributed by atoms with Crippen molar-refractivity contribution in [3.05, 3.63) is 82.1 Å². The van der Waals surface area contributed by atoms with E-state index < -0.39 is 0 Å². The lowest BCUT2D eigenvalue weighted by atomic mass is 9.99. The number of carbonyl (C=O) groups excluding carboxylic acids is 1.